The Balaban J connectivity index is 1.28. The Hall–Kier alpha value is -7.86. The molecule has 0 saturated carbocycles. The molecule has 11 aromatic rings. The fraction of sp³-hybridized carbons (Fsp3) is 0. The Labute approximate surface area is 316 Å². The molecule has 0 fully saturated rings. The van der Waals surface area contributed by atoms with Gasteiger partial charge in [-0.3, -0.25) is 0 Å². The van der Waals surface area contributed by atoms with Gasteiger partial charge in [0.15, 0.2) is 0 Å². The van der Waals surface area contributed by atoms with Crippen LogP contribution in [0.3, 0.4) is 0 Å². The summed E-state index contributed by atoms with van der Waals surface area (Å²) in [6.07, 6.45) is 0. The van der Waals surface area contributed by atoms with Crippen LogP contribution in [0.25, 0.3) is 93.6 Å². The Morgan fingerprint density at radius 2 is 0.782 bits per heavy atom. The summed E-state index contributed by atoms with van der Waals surface area (Å²) in [5.41, 5.74) is 12.3. The van der Waals surface area contributed by atoms with Crippen LogP contribution in [-0.2, 0) is 0 Å². The molecule has 5 heteroatoms. The summed E-state index contributed by atoms with van der Waals surface area (Å²) in [6, 6.07) is 65.9. The van der Waals surface area contributed by atoms with Gasteiger partial charge in [-0.15, -0.1) is 0 Å². The predicted octanol–water partition coefficient (Wildman–Crippen LogP) is 12.4. The maximum atomic E-state index is 10.4. The molecular weight excluding hydrogens is 671 g/mol. The molecule has 0 saturated heterocycles. The maximum Gasteiger partial charge on any atom is 0.101 e. The molecule has 8 aromatic carbocycles. The van der Waals surface area contributed by atoms with Gasteiger partial charge in [-0.2, -0.15) is 10.5 Å². The standard InChI is InChI=1S/C50H29N5/c51-30-32-27-28-47(41(29-32)38-18-5-10-25-46(38)54-44-23-8-3-16-36(44)39-19-11-13-33(31-52)49(39)54)55-45-24-9-4-17-37(45)40-20-12-26-48(50(40)55)53-42-21-6-1-14-34(42)35-15-2-7-22-43(35)53/h1-29H. The molecule has 0 unspecified atom stereocenters. The Morgan fingerprint density at radius 1 is 0.327 bits per heavy atom. The van der Waals surface area contributed by atoms with Gasteiger partial charge in [0.05, 0.1) is 67.4 Å². The minimum absolute atomic E-state index is 0.567. The number of fused-ring (bicyclic) bond motifs is 9. The molecule has 0 atom stereocenters. The second-order valence-corrected chi connectivity index (χ2v) is 13.9. The van der Waals surface area contributed by atoms with Crippen LogP contribution in [0.2, 0.25) is 0 Å². The van der Waals surface area contributed by atoms with Crippen molar-refractivity contribution < 1.29 is 0 Å². The van der Waals surface area contributed by atoms with Crippen LogP contribution < -0.4 is 0 Å². The van der Waals surface area contributed by atoms with Crippen molar-refractivity contribution in [2.24, 2.45) is 0 Å². The van der Waals surface area contributed by atoms with Crippen LogP contribution in [0.5, 0.6) is 0 Å². The first-order valence-electron chi connectivity index (χ1n) is 18.3. The maximum absolute atomic E-state index is 10.4. The molecule has 0 bridgehead atoms. The van der Waals surface area contributed by atoms with Crippen LogP contribution in [0.15, 0.2) is 176 Å². The number of benzene rings is 8. The molecule has 5 nitrogen and oxygen atoms in total. The van der Waals surface area contributed by atoms with Gasteiger partial charge in [-0.05, 0) is 60.7 Å². The SMILES string of the molecule is N#Cc1ccc(-n2c3ccccc3c3cccc(-n4c5ccccc5c5ccccc54)c32)c(-c2ccccc2-n2c3ccccc3c3cccc(C#N)c32)c1. The molecule has 0 spiro atoms. The molecule has 3 aromatic heterocycles. The predicted molar refractivity (Wildman–Crippen MR) is 224 cm³/mol. The topological polar surface area (TPSA) is 62.4 Å². The normalized spacial score (nSPS) is 11.6. The zero-order chi connectivity index (χ0) is 36.6. The lowest BCUT2D eigenvalue weighted by Gasteiger charge is -2.20. The number of aromatic nitrogens is 3. The Morgan fingerprint density at radius 3 is 1.40 bits per heavy atom. The highest BCUT2D eigenvalue weighted by Crippen LogP contribution is 2.44. The molecule has 0 radical (unpaired) electrons. The smallest absolute Gasteiger partial charge is 0.101 e. The lowest BCUT2D eigenvalue weighted by Crippen LogP contribution is -2.04. The van der Waals surface area contributed by atoms with Gasteiger partial charge in [-0.25, -0.2) is 0 Å². The molecule has 254 valence electrons. The highest BCUT2D eigenvalue weighted by Gasteiger charge is 2.24. The average molecular weight is 700 g/mol. The number of nitriles is 2. The number of para-hydroxylation sites is 7. The van der Waals surface area contributed by atoms with E-state index in [1.54, 1.807) is 0 Å². The first kappa shape index (κ1) is 30.7. The van der Waals surface area contributed by atoms with Gasteiger partial charge in [0, 0.05) is 43.4 Å². The molecule has 0 amide bonds. The number of hydrogen-bond acceptors (Lipinski definition) is 2. The largest absolute Gasteiger partial charge is 0.307 e. The zero-order valence-electron chi connectivity index (χ0n) is 29.5. The van der Waals surface area contributed by atoms with Gasteiger partial charge in [0.25, 0.3) is 0 Å². The zero-order valence-corrected chi connectivity index (χ0v) is 29.5. The quantitative estimate of drug-likeness (QED) is 0.184. The third-order valence-corrected chi connectivity index (χ3v) is 11.1. The highest BCUT2D eigenvalue weighted by molar-refractivity contribution is 6.16. The first-order chi connectivity index (χ1) is 27.2. The fourth-order valence-electron chi connectivity index (χ4n) is 8.88. The monoisotopic (exact) mass is 699 g/mol. The van der Waals surface area contributed by atoms with Gasteiger partial charge in [0.2, 0.25) is 0 Å². The van der Waals surface area contributed by atoms with Crippen molar-refractivity contribution in [2.45, 2.75) is 0 Å². The van der Waals surface area contributed by atoms with Gasteiger partial charge in [0.1, 0.15) is 6.07 Å². The van der Waals surface area contributed by atoms with E-state index in [1.165, 1.54) is 10.8 Å². The minimum Gasteiger partial charge on any atom is -0.307 e. The van der Waals surface area contributed by atoms with E-state index in [4.69, 9.17) is 0 Å². The van der Waals surface area contributed by atoms with E-state index in [9.17, 15) is 10.5 Å². The van der Waals surface area contributed by atoms with Crippen LogP contribution in [-0.4, -0.2) is 13.7 Å². The van der Waals surface area contributed by atoms with Gasteiger partial charge < -0.3 is 13.7 Å². The van der Waals surface area contributed by atoms with Gasteiger partial charge >= 0.3 is 0 Å². The lowest BCUT2D eigenvalue weighted by atomic mass is 9.98. The summed E-state index contributed by atoms with van der Waals surface area (Å²) in [4.78, 5) is 0. The average Bonchev–Trinajstić information content (AvgIpc) is 3.89. The minimum atomic E-state index is 0.567. The molecule has 3 heterocycles. The van der Waals surface area contributed by atoms with Gasteiger partial charge in [-0.1, -0.05) is 115 Å². The van der Waals surface area contributed by atoms with E-state index < -0.39 is 0 Å². The summed E-state index contributed by atoms with van der Waals surface area (Å²) in [6.45, 7) is 0. The number of rotatable bonds is 4. The van der Waals surface area contributed by atoms with Crippen molar-refractivity contribution in [1.29, 1.82) is 10.5 Å². The molecular formula is C50H29N5. The Kier molecular flexibility index (Phi) is 6.61. The molecule has 0 N–H and O–H groups in total. The van der Waals surface area contributed by atoms with E-state index >= 15 is 0 Å². The van der Waals surface area contributed by atoms with Crippen LogP contribution in [0.1, 0.15) is 11.1 Å². The summed E-state index contributed by atoms with van der Waals surface area (Å²) < 4.78 is 6.99. The number of nitrogens with zero attached hydrogens (tertiary/aromatic N) is 5. The molecule has 0 aliphatic heterocycles. The van der Waals surface area contributed by atoms with Crippen LogP contribution in [0.4, 0.5) is 0 Å². The van der Waals surface area contributed by atoms with Crippen molar-refractivity contribution >= 4 is 65.4 Å². The first-order valence-corrected chi connectivity index (χ1v) is 18.3. The summed E-state index contributed by atoms with van der Waals surface area (Å²) >= 11 is 0. The molecule has 55 heavy (non-hydrogen) atoms. The summed E-state index contributed by atoms with van der Waals surface area (Å²) in [7, 11) is 0. The number of hydrogen-bond donors (Lipinski definition) is 0. The van der Waals surface area contributed by atoms with E-state index in [-0.39, 0.29) is 0 Å². The van der Waals surface area contributed by atoms with Crippen molar-refractivity contribution in [3.8, 4) is 40.3 Å². The van der Waals surface area contributed by atoms with Crippen molar-refractivity contribution in [3.63, 3.8) is 0 Å². The lowest BCUT2D eigenvalue weighted by molar-refractivity contribution is 1.13. The second kappa shape index (κ2) is 11.8. The van der Waals surface area contributed by atoms with E-state index in [1.807, 2.05) is 42.5 Å². The van der Waals surface area contributed by atoms with Crippen molar-refractivity contribution in [1.82, 2.24) is 13.7 Å². The molecule has 0 aliphatic rings. The van der Waals surface area contributed by atoms with Crippen LogP contribution in [0, 0.1) is 22.7 Å². The fourth-order valence-corrected chi connectivity index (χ4v) is 8.88. The van der Waals surface area contributed by atoms with Crippen LogP contribution >= 0.6 is 0 Å². The van der Waals surface area contributed by atoms with E-state index in [0.717, 1.165) is 82.8 Å². The Bertz CT molecular complexity index is 3420. The van der Waals surface area contributed by atoms with Crippen molar-refractivity contribution in [3.05, 3.63) is 187 Å². The third-order valence-electron chi connectivity index (χ3n) is 11.1. The highest BCUT2D eigenvalue weighted by atomic mass is 15.1. The summed E-state index contributed by atoms with van der Waals surface area (Å²) in [5, 5.41) is 27.5. The third kappa shape index (κ3) is 4.33. The summed E-state index contributed by atoms with van der Waals surface area (Å²) in [5.74, 6) is 0. The molecule has 0 aliphatic carbocycles. The van der Waals surface area contributed by atoms with E-state index in [2.05, 4.69) is 159 Å². The second-order valence-electron chi connectivity index (χ2n) is 13.9. The molecule has 11 rings (SSSR count). The van der Waals surface area contributed by atoms with Crippen molar-refractivity contribution in [2.75, 3.05) is 0 Å². The van der Waals surface area contributed by atoms with E-state index in [0.29, 0.717) is 11.1 Å².